The highest BCUT2D eigenvalue weighted by Crippen LogP contribution is 2.18. The van der Waals surface area contributed by atoms with Gasteiger partial charge < -0.3 is 10.2 Å². The third-order valence-electron chi connectivity index (χ3n) is 4.44. The molecule has 1 aromatic carbocycles. The predicted octanol–water partition coefficient (Wildman–Crippen LogP) is 2.77. The summed E-state index contributed by atoms with van der Waals surface area (Å²) < 4.78 is 0. The van der Waals surface area contributed by atoms with Crippen LogP contribution in [0.25, 0.3) is 0 Å². The van der Waals surface area contributed by atoms with Crippen molar-refractivity contribution >= 4 is 5.91 Å². The number of hydrogen-bond acceptors (Lipinski definition) is 2. The van der Waals surface area contributed by atoms with Crippen molar-refractivity contribution in [2.45, 2.75) is 33.6 Å². The lowest BCUT2D eigenvalue weighted by Crippen LogP contribution is -2.39. The highest BCUT2D eigenvalue weighted by atomic mass is 16.2. The van der Waals surface area contributed by atoms with Crippen LogP contribution in [0, 0.1) is 19.8 Å². The van der Waals surface area contributed by atoms with Crippen LogP contribution in [-0.2, 0) is 0 Å². The summed E-state index contributed by atoms with van der Waals surface area (Å²) in [5, 5.41) is 3.38. The van der Waals surface area contributed by atoms with Crippen molar-refractivity contribution in [1.29, 1.82) is 0 Å². The van der Waals surface area contributed by atoms with Crippen molar-refractivity contribution in [3.05, 3.63) is 34.9 Å². The average Bonchev–Trinajstić information content (AvgIpc) is 2.48. The van der Waals surface area contributed by atoms with Gasteiger partial charge in [-0.25, -0.2) is 0 Å². The molecule has 0 unspecified atom stereocenters. The van der Waals surface area contributed by atoms with Crippen molar-refractivity contribution in [3.8, 4) is 0 Å². The number of aryl methyl sites for hydroxylation is 1. The minimum atomic E-state index is 0.187. The van der Waals surface area contributed by atoms with Crippen LogP contribution in [-0.4, -0.2) is 37.0 Å². The molecule has 0 spiro atoms. The topological polar surface area (TPSA) is 32.3 Å². The molecular formula is C17H26N2O. The number of rotatable bonds is 4. The Hall–Kier alpha value is -1.35. The Morgan fingerprint density at radius 2 is 2.00 bits per heavy atom. The van der Waals surface area contributed by atoms with E-state index in [9.17, 15) is 4.79 Å². The summed E-state index contributed by atoms with van der Waals surface area (Å²) in [7, 11) is 0. The van der Waals surface area contributed by atoms with Crippen LogP contribution in [0.5, 0.6) is 0 Å². The Labute approximate surface area is 122 Å². The fraction of sp³-hybridized carbons (Fsp3) is 0.588. The minimum absolute atomic E-state index is 0.187. The summed E-state index contributed by atoms with van der Waals surface area (Å²) in [6, 6.07) is 6.00. The Balaban J connectivity index is 2.10. The Bertz CT molecular complexity index is 464. The molecule has 0 atom stereocenters. The van der Waals surface area contributed by atoms with Gasteiger partial charge in [-0.05, 0) is 69.8 Å². The predicted molar refractivity (Wildman–Crippen MR) is 83.1 cm³/mol. The lowest BCUT2D eigenvalue weighted by atomic mass is 9.96. The van der Waals surface area contributed by atoms with Crippen LogP contribution in [0.1, 0.15) is 41.3 Å². The number of nitrogens with one attached hydrogen (secondary N) is 1. The van der Waals surface area contributed by atoms with Gasteiger partial charge >= 0.3 is 0 Å². The first kappa shape index (κ1) is 15.0. The molecule has 0 aliphatic carbocycles. The Morgan fingerprint density at radius 3 is 2.65 bits per heavy atom. The second-order valence-corrected chi connectivity index (χ2v) is 5.78. The second-order valence-electron chi connectivity index (χ2n) is 5.78. The first-order valence-corrected chi connectivity index (χ1v) is 7.69. The lowest BCUT2D eigenvalue weighted by Gasteiger charge is -2.30. The van der Waals surface area contributed by atoms with E-state index in [1.165, 1.54) is 18.4 Å². The van der Waals surface area contributed by atoms with E-state index in [0.717, 1.165) is 37.3 Å². The van der Waals surface area contributed by atoms with E-state index in [4.69, 9.17) is 0 Å². The first-order chi connectivity index (χ1) is 9.63. The van der Waals surface area contributed by atoms with Crippen molar-refractivity contribution in [2.75, 3.05) is 26.2 Å². The molecule has 3 heteroatoms. The molecule has 0 aromatic heterocycles. The molecule has 20 heavy (non-hydrogen) atoms. The zero-order valence-corrected chi connectivity index (χ0v) is 12.9. The third kappa shape index (κ3) is 3.40. The van der Waals surface area contributed by atoms with E-state index < -0.39 is 0 Å². The highest BCUT2D eigenvalue weighted by Gasteiger charge is 2.21. The quantitative estimate of drug-likeness (QED) is 0.915. The van der Waals surface area contributed by atoms with Crippen LogP contribution < -0.4 is 5.32 Å². The Kier molecular flexibility index (Phi) is 5.18. The van der Waals surface area contributed by atoms with Crippen LogP contribution in [0.15, 0.2) is 18.2 Å². The standard InChI is InChI=1S/C17H26N2O/c1-4-19(12-15-8-10-18-11-9-15)17(20)16-7-5-6-13(2)14(16)3/h5-7,15,18H,4,8-12H2,1-3H3. The van der Waals surface area contributed by atoms with Gasteiger partial charge in [-0.1, -0.05) is 12.1 Å². The van der Waals surface area contributed by atoms with Crippen LogP contribution in [0.3, 0.4) is 0 Å². The van der Waals surface area contributed by atoms with E-state index in [1.807, 2.05) is 24.0 Å². The third-order valence-corrected chi connectivity index (χ3v) is 4.44. The molecule has 1 heterocycles. The van der Waals surface area contributed by atoms with Crippen molar-refractivity contribution < 1.29 is 4.79 Å². The summed E-state index contributed by atoms with van der Waals surface area (Å²) in [5.41, 5.74) is 3.16. The summed E-state index contributed by atoms with van der Waals surface area (Å²) in [4.78, 5) is 14.7. The van der Waals surface area contributed by atoms with E-state index in [0.29, 0.717) is 5.92 Å². The van der Waals surface area contributed by atoms with Crippen LogP contribution in [0.4, 0.5) is 0 Å². The molecule has 1 saturated heterocycles. The van der Waals surface area contributed by atoms with Crippen molar-refractivity contribution in [1.82, 2.24) is 10.2 Å². The van der Waals surface area contributed by atoms with Gasteiger partial charge in [0.05, 0.1) is 0 Å². The largest absolute Gasteiger partial charge is 0.339 e. The number of carbonyl (C=O) groups excluding carboxylic acids is 1. The molecule has 0 bridgehead atoms. The van der Waals surface area contributed by atoms with E-state index in [2.05, 4.69) is 25.2 Å². The molecular weight excluding hydrogens is 248 g/mol. The van der Waals surface area contributed by atoms with Crippen LogP contribution >= 0.6 is 0 Å². The van der Waals surface area contributed by atoms with Crippen molar-refractivity contribution in [3.63, 3.8) is 0 Å². The normalized spacial score (nSPS) is 16.1. The molecule has 1 fully saturated rings. The number of hydrogen-bond donors (Lipinski definition) is 1. The van der Waals surface area contributed by atoms with Gasteiger partial charge in [0.2, 0.25) is 0 Å². The van der Waals surface area contributed by atoms with E-state index >= 15 is 0 Å². The van der Waals surface area contributed by atoms with Gasteiger partial charge in [0.1, 0.15) is 0 Å². The average molecular weight is 274 g/mol. The molecule has 1 aromatic rings. The van der Waals surface area contributed by atoms with Gasteiger partial charge in [-0.3, -0.25) is 4.79 Å². The molecule has 1 amide bonds. The molecule has 2 rings (SSSR count). The van der Waals surface area contributed by atoms with Gasteiger partial charge in [-0.15, -0.1) is 0 Å². The lowest BCUT2D eigenvalue weighted by molar-refractivity contribution is 0.0726. The summed E-state index contributed by atoms with van der Waals surface area (Å²) >= 11 is 0. The fourth-order valence-electron chi connectivity index (χ4n) is 2.88. The molecule has 1 aliphatic heterocycles. The number of carbonyl (C=O) groups is 1. The SMILES string of the molecule is CCN(CC1CCNCC1)C(=O)c1cccc(C)c1C. The van der Waals surface area contributed by atoms with Gasteiger partial charge in [-0.2, -0.15) is 0 Å². The summed E-state index contributed by atoms with van der Waals surface area (Å²) in [5.74, 6) is 0.831. The maximum atomic E-state index is 12.7. The van der Waals surface area contributed by atoms with Gasteiger partial charge in [0, 0.05) is 18.7 Å². The smallest absolute Gasteiger partial charge is 0.254 e. The summed E-state index contributed by atoms with van der Waals surface area (Å²) in [6.07, 6.45) is 2.35. The van der Waals surface area contributed by atoms with Gasteiger partial charge in [0.25, 0.3) is 5.91 Å². The first-order valence-electron chi connectivity index (χ1n) is 7.69. The zero-order chi connectivity index (χ0) is 14.5. The number of benzene rings is 1. The zero-order valence-electron chi connectivity index (χ0n) is 12.9. The molecule has 0 saturated carbocycles. The molecule has 0 radical (unpaired) electrons. The number of amides is 1. The maximum absolute atomic E-state index is 12.7. The van der Waals surface area contributed by atoms with Crippen LogP contribution in [0.2, 0.25) is 0 Å². The molecule has 3 nitrogen and oxygen atoms in total. The highest BCUT2D eigenvalue weighted by molar-refractivity contribution is 5.95. The maximum Gasteiger partial charge on any atom is 0.254 e. The van der Waals surface area contributed by atoms with E-state index in [1.54, 1.807) is 0 Å². The van der Waals surface area contributed by atoms with Gasteiger partial charge in [0.15, 0.2) is 0 Å². The Morgan fingerprint density at radius 1 is 1.30 bits per heavy atom. The summed E-state index contributed by atoms with van der Waals surface area (Å²) in [6.45, 7) is 10.0. The fourth-order valence-corrected chi connectivity index (χ4v) is 2.88. The minimum Gasteiger partial charge on any atom is -0.339 e. The molecule has 1 aliphatic rings. The van der Waals surface area contributed by atoms with Crippen molar-refractivity contribution in [2.24, 2.45) is 5.92 Å². The molecule has 110 valence electrons. The second kappa shape index (κ2) is 6.89. The monoisotopic (exact) mass is 274 g/mol. The molecule has 1 N–H and O–H groups in total. The number of nitrogens with zero attached hydrogens (tertiary/aromatic N) is 1. The van der Waals surface area contributed by atoms with E-state index in [-0.39, 0.29) is 5.91 Å². The number of piperidine rings is 1.